The van der Waals surface area contributed by atoms with Crippen LogP contribution in [0.2, 0.25) is 0 Å². The average Bonchev–Trinajstić information content (AvgIpc) is 2.96. The quantitative estimate of drug-likeness (QED) is 0.735. The van der Waals surface area contributed by atoms with E-state index in [9.17, 15) is 18.8 Å². The van der Waals surface area contributed by atoms with Gasteiger partial charge in [-0.15, -0.1) is 0 Å². The second kappa shape index (κ2) is 9.16. The van der Waals surface area contributed by atoms with E-state index in [0.29, 0.717) is 11.3 Å². The minimum Gasteiger partial charge on any atom is -0.461 e. The lowest BCUT2D eigenvalue weighted by molar-refractivity contribution is -0.133. The molecule has 0 fully saturated rings. The lowest BCUT2D eigenvalue weighted by Gasteiger charge is -2.17. The summed E-state index contributed by atoms with van der Waals surface area (Å²) < 4.78 is 23.0. The van der Waals surface area contributed by atoms with Crippen LogP contribution in [-0.4, -0.2) is 48.0 Å². The molecule has 1 heterocycles. The summed E-state index contributed by atoms with van der Waals surface area (Å²) in [5, 5.41) is 0. The van der Waals surface area contributed by atoms with Crippen LogP contribution in [0.3, 0.4) is 0 Å². The van der Waals surface area contributed by atoms with Crippen molar-refractivity contribution in [1.82, 2.24) is 9.88 Å². The zero-order chi connectivity index (χ0) is 20.8. The van der Waals surface area contributed by atoms with E-state index in [0.717, 1.165) is 5.56 Å². The highest BCUT2D eigenvalue weighted by atomic mass is 19.1. The number of carbonyl (C=O) groups excluding carboxylic acids is 3. The molecule has 2 rings (SSSR count). The first-order chi connectivity index (χ1) is 13.2. The molecule has 0 aliphatic carbocycles. The highest BCUT2D eigenvalue weighted by Crippen LogP contribution is 2.20. The van der Waals surface area contributed by atoms with Gasteiger partial charge in [0.2, 0.25) is 0 Å². The third kappa shape index (κ3) is 4.97. The van der Waals surface area contributed by atoms with Crippen molar-refractivity contribution in [1.29, 1.82) is 0 Å². The van der Waals surface area contributed by atoms with Gasteiger partial charge in [-0.05, 0) is 44.0 Å². The second-order valence-corrected chi connectivity index (χ2v) is 6.30. The van der Waals surface area contributed by atoms with Crippen molar-refractivity contribution in [3.8, 4) is 0 Å². The zero-order valence-electron chi connectivity index (χ0n) is 16.3. The summed E-state index contributed by atoms with van der Waals surface area (Å²) in [6.07, 6.45) is 0. The van der Waals surface area contributed by atoms with Crippen molar-refractivity contribution < 1.29 is 28.2 Å². The third-order valence-electron chi connectivity index (χ3n) is 4.21. The molecule has 1 aromatic heterocycles. The number of likely N-dealkylation sites (N-methyl/N-ethyl adjacent to an activating group) is 1. The summed E-state index contributed by atoms with van der Waals surface area (Å²) in [6.45, 7) is 4.95. The fourth-order valence-electron chi connectivity index (χ4n) is 2.73. The molecule has 0 aliphatic rings. The Labute approximate surface area is 162 Å². The number of rotatable bonds is 7. The van der Waals surface area contributed by atoms with Crippen molar-refractivity contribution in [2.75, 3.05) is 20.3 Å². The molecular formula is C20H23FN2O5. The number of nitrogens with zero attached hydrogens (tertiary/aromatic N) is 1. The first-order valence-electron chi connectivity index (χ1n) is 8.76. The molecule has 0 saturated carbocycles. The Morgan fingerprint density at radius 3 is 2.32 bits per heavy atom. The van der Waals surface area contributed by atoms with Gasteiger partial charge in [-0.1, -0.05) is 12.1 Å². The van der Waals surface area contributed by atoms with Crippen molar-refractivity contribution in [3.05, 3.63) is 58.2 Å². The van der Waals surface area contributed by atoms with E-state index in [-0.39, 0.29) is 30.2 Å². The maximum Gasteiger partial charge on any atom is 0.355 e. The van der Waals surface area contributed by atoms with Gasteiger partial charge >= 0.3 is 11.9 Å². The Hall–Kier alpha value is -3.16. The minimum absolute atomic E-state index is 0.186. The number of aryl methyl sites for hydroxylation is 1. The first-order valence-corrected chi connectivity index (χ1v) is 8.76. The fourth-order valence-corrected chi connectivity index (χ4v) is 2.73. The van der Waals surface area contributed by atoms with Crippen LogP contribution in [-0.2, 0) is 20.8 Å². The summed E-state index contributed by atoms with van der Waals surface area (Å²) in [7, 11) is 1.56. The predicted molar refractivity (Wildman–Crippen MR) is 99.4 cm³/mol. The highest BCUT2D eigenvalue weighted by molar-refractivity contribution is 5.99. The van der Waals surface area contributed by atoms with Crippen molar-refractivity contribution in [2.45, 2.75) is 27.3 Å². The number of hydrogen-bond acceptors (Lipinski definition) is 5. The molecule has 0 aliphatic heterocycles. The Morgan fingerprint density at radius 1 is 1.07 bits per heavy atom. The molecule has 150 valence electrons. The number of H-pyrrole nitrogens is 1. The van der Waals surface area contributed by atoms with Crippen LogP contribution in [0.1, 0.15) is 44.6 Å². The summed E-state index contributed by atoms with van der Waals surface area (Å²) in [5.74, 6) is -2.03. The number of aromatic nitrogens is 1. The van der Waals surface area contributed by atoms with Gasteiger partial charge in [-0.2, -0.15) is 0 Å². The summed E-state index contributed by atoms with van der Waals surface area (Å²) in [6, 6.07) is 5.78. The molecule has 0 radical (unpaired) electrons. The second-order valence-electron chi connectivity index (χ2n) is 6.30. The summed E-state index contributed by atoms with van der Waals surface area (Å²) in [5.41, 5.74) is 2.01. The van der Waals surface area contributed by atoms with Gasteiger partial charge in [0.05, 0.1) is 12.2 Å². The number of halogens is 1. The average molecular weight is 390 g/mol. The molecule has 1 aromatic carbocycles. The first kappa shape index (κ1) is 21.1. The molecule has 0 bridgehead atoms. The van der Waals surface area contributed by atoms with Crippen molar-refractivity contribution in [2.24, 2.45) is 0 Å². The largest absolute Gasteiger partial charge is 0.461 e. The van der Waals surface area contributed by atoms with Crippen LogP contribution >= 0.6 is 0 Å². The van der Waals surface area contributed by atoms with Gasteiger partial charge in [0.25, 0.3) is 5.91 Å². The summed E-state index contributed by atoms with van der Waals surface area (Å²) >= 11 is 0. The van der Waals surface area contributed by atoms with Crippen LogP contribution in [0.5, 0.6) is 0 Å². The smallest absolute Gasteiger partial charge is 0.355 e. The lowest BCUT2D eigenvalue weighted by atomic mass is 10.1. The number of ether oxygens (including phenoxy) is 2. The number of nitrogens with one attached hydrogen (secondary N) is 1. The van der Waals surface area contributed by atoms with Crippen LogP contribution < -0.4 is 0 Å². The monoisotopic (exact) mass is 390 g/mol. The maximum absolute atomic E-state index is 12.9. The standard InChI is InChI=1S/C20H23FN2O5/c1-5-27-20(26)18-12(2)17(13(3)22-18)19(25)28-11-16(24)23(4)10-14-6-8-15(21)9-7-14/h6-9,22H,5,10-11H2,1-4H3. The lowest BCUT2D eigenvalue weighted by Crippen LogP contribution is -2.31. The maximum atomic E-state index is 12.9. The Bertz CT molecular complexity index is 873. The number of hydrogen-bond donors (Lipinski definition) is 1. The zero-order valence-corrected chi connectivity index (χ0v) is 16.3. The van der Waals surface area contributed by atoms with Crippen LogP contribution in [0.4, 0.5) is 4.39 Å². The van der Waals surface area contributed by atoms with E-state index >= 15 is 0 Å². The van der Waals surface area contributed by atoms with E-state index in [2.05, 4.69) is 4.98 Å². The number of carbonyl (C=O) groups is 3. The number of aromatic amines is 1. The van der Waals surface area contributed by atoms with E-state index < -0.39 is 24.5 Å². The highest BCUT2D eigenvalue weighted by Gasteiger charge is 2.24. The molecule has 0 unspecified atom stereocenters. The Balaban J connectivity index is 1.98. The Kier molecular flexibility index (Phi) is 6.92. The van der Waals surface area contributed by atoms with Gasteiger partial charge in [0.15, 0.2) is 6.61 Å². The molecule has 28 heavy (non-hydrogen) atoms. The number of amides is 1. The topological polar surface area (TPSA) is 88.7 Å². The van der Waals surface area contributed by atoms with Gasteiger partial charge in [0.1, 0.15) is 11.5 Å². The molecule has 0 spiro atoms. The molecule has 1 N–H and O–H groups in total. The van der Waals surface area contributed by atoms with Crippen LogP contribution in [0.25, 0.3) is 0 Å². The summed E-state index contributed by atoms with van der Waals surface area (Å²) in [4.78, 5) is 40.7. The molecular weight excluding hydrogens is 367 g/mol. The molecule has 1 amide bonds. The van der Waals surface area contributed by atoms with Gasteiger partial charge in [0, 0.05) is 19.3 Å². The molecule has 7 nitrogen and oxygen atoms in total. The van der Waals surface area contributed by atoms with E-state index in [1.165, 1.54) is 17.0 Å². The molecule has 0 atom stereocenters. The van der Waals surface area contributed by atoms with Crippen LogP contribution in [0, 0.1) is 19.7 Å². The minimum atomic E-state index is -0.703. The number of esters is 2. The van der Waals surface area contributed by atoms with E-state index in [1.807, 2.05) is 0 Å². The van der Waals surface area contributed by atoms with E-state index in [1.54, 1.807) is 40.0 Å². The normalized spacial score (nSPS) is 10.5. The van der Waals surface area contributed by atoms with Gasteiger partial charge in [-0.25, -0.2) is 14.0 Å². The molecule has 2 aromatic rings. The third-order valence-corrected chi connectivity index (χ3v) is 4.21. The Morgan fingerprint density at radius 2 is 1.71 bits per heavy atom. The van der Waals surface area contributed by atoms with Gasteiger partial charge < -0.3 is 19.4 Å². The van der Waals surface area contributed by atoms with Crippen LogP contribution in [0.15, 0.2) is 24.3 Å². The SMILES string of the molecule is CCOC(=O)c1[nH]c(C)c(C(=O)OCC(=O)N(C)Cc2ccc(F)cc2)c1C. The van der Waals surface area contributed by atoms with Gasteiger partial charge in [-0.3, -0.25) is 4.79 Å². The van der Waals surface area contributed by atoms with Crippen molar-refractivity contribution in [3.63, 3.8) is 0 Å². The predicted octanol–water partition coefficient (Wildman–Crippen LogP) is 2.76. The molecule has 0 saturated heterocycles. The fraction of sp³-hybridized carbons (Fsp3) is 0.350. The molecule has 8 heteroatoms. The van der Waals surface area contributed by atoms with Crippen molar-refractivity contribution >= 4 is 17.8 Å². The van der Waals surface area contributed by atoms with E-state index in [4.69, 9.17) is 9.47 Å². The number of benzene rings is 1.